The van der Waals surface area contributed by atoms with Crippen molar-refractivity contribution in [2.45, 2.75) is 128 Å². The van der Waals surface area contributed by atoms with Crippen LogP contribution < -0.4 is 0 Å². The Bertz CT molecular complexity index is 438. The van der Waals surface area contributed by atoms with Gasteiger partial charge in [0, 0.05) is 0 Å². The SMILES string of the molecule is CCCCCCCCCCCC[Se]C(CC(C)=O)C1C(C)=CCCC1(C)C. The van der Waals surface area contributed by atoms with Crippen LogP contribution in [0.1, 0.15) is 118 Å². The van der Waals surface area contributed by atoms with E-state index in [0.29, 0.717) is 36.9 Å². The number of carbonyl (C=O) groups excluding carboxylic acids is 1. The van der Waals surface area contributed by atoms with Crippen molar-refractivity contribution in [1.29, 1.82) is 0 Å². The molecule has 1 nitrogen and oxygen atoms in total. The zero-order valence-electron chi connectivity index (χ0n) is 18.9. The average molecular weight is 442 g/mol. The maximum atomic E-state index is 11.9. The molecule has 0 aromatic rings. The van der Waals surface area contributed by atoms with Crippen molar-refractivity contribution in [1.82, 2.24) is 0 Å². The van der Waals surface area contributed by atoms with Crippen LogP contribution in [0.4, 0.5) is 0 Å². The van der Waals surface area contributed by atoms with E-state index >= 15 is 0 Å². The Balaban J connectivity index is 2.28. The number of ketones is 1. The van der Waals surface area contributed by atoms with Gasteiger partial charge in [0.1, 0.15) is 0 Å². The second kappa shape index (κ2) is 14.0. The van der Waals surface area contributed by atoms with Gasteiger partial charge in [0.25, 0.3) is 0 Å². The molecule has 0 aromatic carbocycles. The van der Waals surface area contributed by atoms with Crippen LogP contribution >= 0.6 is 0 Å². The molecule has 0 bridgehead atoms. The fourth-order valence-corrected chi connectivity index (χ4v) is 8.53. The average Bonchev–Trinajstić information content (AvgIpc) is 2.58. The van der Waals surface area contributed by atoms with E-state index < -0.39 is 0 Å². The van der Waals surface area contributed by atoms with Crippen molar-refractivity contribution in [2.75, 3.05) is 0 Å². The molecule has 0 heterocycles. The number of allylic oxidation sites excluding steroid dienone is 2. The molecule has 2 heteroatoms. The fourth-order valence-electron chi connectivity index (χ4n) is 4.75. The van der Waals surface area contributed by atoms with Gasteiger partial charge in [-0.15, -0.1) is 0 Å². The molecule has 0 N–H and O–H groups in total. The van der Waals surface area contributed by atoms with Crippen LogP contribution in [0, 0.1) is 11.3 Å². The summed E-state index contributed by atoms with van der Waals surface area (Å²) in [6.07, 6.45) is 19.8. The van der Waals surface area contributed by atoms with Crippen molar-refractivity contribution in [3.05, 3.63) is 11.6 Å². The Hall–Kier alpha value is -0.0705. The molecule has 0 amide bonds. The van der Waals surface area contributed by atoms with Crippen LogP contribution in [0.25, 0.3) is 0 Å². The fraction of sp³-hybridized carbons (Fsp3) is 0.880. The van der Waals surface area contributed by atoms with E-state index in [9.17, 15) is 4.79 Å². The van der Waals surface area contributed by atoms with Gasteiger partial charge in [0.2, 0.25) is 0 Å². The van der Waals surface area contributed by atoms with Gasteiger partial charge in [0.15, 0.2) is 0 Å². The molecule has 0 radical (unpaired) electrons. The molecular weight excluding hydrogens is 395 g/mol. The van der Waals surface area contributed by atoms with E-state index in [1.165, 1.54) is 82.4 Å². The van der Waals surface area contributed by atoms with Gasteiger partial charge in [0.05, 0.1) is 0 Å². The molecule has 0 aliphatic heterocycles. The van der Waals surface area contributed by atoms with Crippen LogP contribution in [0.3, 0.4) is 0 Å². The summed E-state index contributed by atoms with van der Waals surface area (Å²) in [7, 11) is 0. The molecule has 2 unspecified atom stereocenters. The van der Waals surface area contributed by atoms with Crippen molar-refractivity contribution in [2.24, 2.45) is 11.3 Å². The summed E-state index contributed by atoms with van der Waals surface area (Å²) >= 11 is 0.597. The Kier molecular flexibility index (Phi) is 12.9. The summed E-state index contributed by atoms with van der Waals surface area (Å²) in [5.41, 5.74) is 1.92. The topological polar surface area (TPSA) is 17.1 Å². The van der Waals surface area contributed by atoms with Crippen LogP contribution in [0.5, 0.6) is 0 Å². The molecule has 158 valence electrons. The third-order valence-electron chi connectivity index (χ3n) is 6.28. The van der Waals surface area contributed by atoms with Gasteiger partial charge in [-0.05, 0) is 0 Å². The molecule has 1 aliphatic rings. The predicted molar refractivity (Wildman–Crippen MR) is 122 cm³/mol. The minimum absolute atomic E-state index is 0.360. The summed E-state index contributed by atoms with van der Waals surface area (Å²) in [6.45, 7) is 11.2. The molecule has 1 rings (SSSR count). The number of rotatable bonds is 15. The molecule has 1 aliphatic carbocycles. The summed E-state index contributed by atoms with van der Waals surface area (Å²) in [6, 6.07) is 0. The summed E-state index contributed by atoms with van der Waals surface area (Å²) in [4.78, 5) is 12.5. The van der Waals surface area contributed by atoms with Crippen molar-refractivity contribution >= 4 is 20.7 Å². The van der Waals surface area contributed by atoms with Crippen molar-refractivity contribution in [3.8, 4) is 0 Å². The molecular formula is C25H46OSe. The van der Waals surface area contributed by atoms with Crippen LogP contribution in [0.2, 0.25) is 10.1 Å². The van der Waals surface area contributed by atoms with Crippen LogP contribution in [0.15, 0.2) is 11.6 Å². The second-order valence-corrected chi connectivity index (χ2v) is 12.3. The third-order valence-corrected chi connectivity index (χ3v) is 9.20. The van der Waals surface area contributed by atoms with Gasteiger partial charge >= 0.3 is 177 Å². The normalized spacial score (nSPS) is 20.3. The van der Waals surface area contributed by atoms with E-state index in [2.05, 4.69) is 33.8 Å². The van der Waals surface area contributed by atoms with Gasteiger partial charge in [-0.2, -0.15) is 0 Å². The van der Waals surface area contributed by atoms with Gasteiger partial charge in [-0.25, -0.2) is 0 Å². The van der Waals surface area contributed by atoms with Gasteiger partial charge in [-0.3, -0.25) is 0 Å². The number of hydrogen-bond acceptors (Lipinski definition) is 1. The quantitative estimate of drug-likeness (QED) is 0.142. The minimum atomic E-state index is 0.360. The van der Waals surface area contributed by atoms with E-state index in [-0.39, 0.29) is 0 Å². The zero-order valence-corrected chi connectivity index (χ0v) is 20.7. The molecule has 0 aromatic heterocycles. The first-order chi connectivity index (χ1) is 12.9. The van der Waals surface area contributed by atoms with Gasteiger partial charge in [-0.1, -0.05) is 0 Å². The summed E-state index contributed by atoms with van der Waals surface area (Å²) in [5.74, 6) is 1.01. The Labute approximate surface area is 176 Å². The Morgan fingerprint density at radius 2 is 1.63 bits per heavy atom. The van der Waals surface area contributed by atoms with Crippen molar-refractivity contribution < 1.29 is 4.79 Å². The Morgan fingerprint density at radius 1 is 1.07 bits per heavy atom. The summed E-state index contributed by atoms with van der Waals surface area (Å²) < 4.78 is 0. The first-order valence-corrected chi connectivity index (χ1v) is 13.9. The molecule has 0 saturated carbocycles. The first-order valence-electron chi connectivity index (χ1n) is 11.7. The number of carbonyl (C=O) groups is 1. The van der Waals surface area contributed by atoms with E-state index in [4.69, 9.17) is 0 Å². The Morgan fingerprint density at radius 3 is 2.15 bits per heavy atom. The predicted octanol–water partition coefficient (Wildman–Crippen LogP) is 8.18. The van der Waals surface area contributed by atoms with E-state index in [1.807, 2.05) is 0 Å². The van der Waals surface area contributed by atoms with Crippen LogP contribution in [-0.2, 0) is 4.79 Å². The molecule has 27 heavy (non-hydrogen) atoms. The monoisotopic (exact) mass is 442 g/mol. The first kappa shape index (κ1) is 25.0. The van der Waals surface area contributed by atoms with Gasteiger partial charge < -0.3 is 0 Å². The third kappa shape index (κ3) is 10.3. The molecule has 0 saturated heterocycles. The second-order valence-electron chi connectivity index (χ2n) is 9.45. The van der Waals surface area contributed by atoms with Crippen molar-refractivity contribution in [3.63, 3.8) is 0 Å². The van der Waals surface area contributed by atoms with E-state index in [0.717, 1.165) is 6.42 Å². The number of hydrogen-bond donors (Lipinski definition) is 0. The number of unbranched alkanes of at least 4 members (excludes halogenated alkanes) is 9. The standard InChI is InChI=1S/C25H46OSe/c1-6-7-8-9-10-11-12-13-14-15-19-27-23(20-22(3)26)24-21(2)17-16-18-25(24,4)5/h17,23-24H,6-16,18-20H2,1-5H3. The molecule has 0 fully saturated rings. The summed E-state index contributed by atoms with van der Waals surface area (Å²) in [5, 5.41) is 1.36. The number of Topliss-reactive ketones (excluding diaryl/α,β-unsaturated/α-hetero) is 1. The maximum absolute atomic E-state index is 11.9. The van der Waals surface area contributed by atoms with Crippen LogP contribution in [-0.4, -0.2) is 20.7 Å². The molecule has 2 atom stereocenters. The van der Waals surface area contributed by atoms with E-state index in [1.54, 1.807) is 12.5 Å². The zero-order chi connectivity index (χ0) is 20.1. The molecule has 0 spiro atoms.